The fraction of sp³-hybridized carbons (Fsp3) is 0.300. The third-order valence-corrected chi connectivity index (χ3v) is 2.14. The van der Waals surface area contributed by atoms with Crippen LogP contribution >= 0.6 is 0 Å². The number of benzene rings is 1. The van der Waals surface area contributed by atoms with Crippen LogP contribution in [-0.2, 0) is 11.3 Å². The van der Waals surface area contributed by atoms with Crippen molar-refractivity contribution < 1.29 is 25.2 Å². The average molecular weight is 227 g/mol. The molecule has 0 radical (unpaired) electrons. The number of phenols is 3. The SMILES string of the molecule is C[C@H](NCc1c(O)cc(O)cc1O)C(=O)O. The number of phenolic OH excluding ortho intramolecular Hbond substituents is 3. The molecule has 1 rings (SSSR count). The Bertz CT molecular complexity index is 381. The zero-order chi connectivity index (χ0) is 12.3. The molecule has 0 aliphatic carbocycles. The van der Waals surface area contributed by atoms with Crippen molar-refractivity contribution >= 4 is 5.97 Å². The van der Waals surface area contributed by atoms with Crippen molar-refractivity contribution in [1.82, 2.24) is 5.32 Å². The summed E-state index contributed by atoms with van der Waals surface area (Å²) in [6.07, 6.45) is 0. The highest BCUT2D eigenvalue weighted by Gasteiger charge is 2.14. The van der Waals surface area contributed by atoms with Crippen LogP contribution in [0.1, 0.15) is 12.5 Å². The van der Waals surface area contributed by atoms with E-state index in [-0.39, 0.29) is 29.4 Å². The molecule has 0 amide bonds. The quantitative estimate of drug-likeness (QED) is 0.508. The van der Waals surface area contributed by atoms with Gasteiger partial charge in [-0.25, -0.2) is 0 Å². The number of aliphatic carboxylic acids is 1. The second-order valence-corrected chi connectivity index (χ2v) is 3.40. The Morgan fingerprint density at radius 1 is 1.31 bits per heavy atom. The molecule has 1 aromatic rings. The van der Waals surface area contributed by atoms with Crippen molar-refractivity contribution in [3.63, 3.8) is 0 Å². The lowest BCUT2D eigenvalue weighted by Gasteiger charge is -2.11. The largest absolute Gasteiger partial charge is 0.508 e. The van der Waals surface area contributed by atoms with Gasteiger partial charge in [-0.15, -0.1) is 0 Å². The zero-order valence-corrected chi connectivity index (χ0v) is 8.64. The van der Waals surface area contributed by atoms with E-state index in [0.717, 1.165) is 12.1 Å². The van der Waals surface area contributed by atoms with Gasteiger partial charge in [0.05, 0.1) is 0 Å². The number of carboxylic acid groups (broad SMARTS) is 1. The molecule has 1 aromatic carbocycles. The molecule has 0 aromatic heterocycles. The topological polar surface area (TPSA) is 110 Å². The summed E-state index contributed by atoms with van der Waals surface area (Å²) in [7, 11) is 0. The number of carbonyl (C=O) groups is 1. The molecule has 0 bridgehead atoms. The van der Waals surface area contributed by atoms with Crippen molar-refractivity contribution in [2.75, 3.05) is 0 Å². The maximum Gasteiger partial charge on any atom is 0.320 e. The highest BCUT2D eigenvalue weighted by Crippen LogP contribution is 2.31. The molecule has 0 fully saturated rings. The predicted molar refractivity (Wildman–Crippen MR) is 55.4 cm³/mol. The lowest BCUT2D eigenvalue weighted by Crippen LogP contribution is -2.33. The summed E-state index contributed by atoms with van der Waals surface area (Å²) in [5, 5.41) is 39.1. The van der Waals surface area contributed by atoms with Crippen LogP contribution in [0.2, 0.25) is 0 Å². The Balaban J connectivity index is 2.78. The maximum atomic E-state index is 10.5. The van der Waals surface area contributed by atoms with Crippen LogP contribution in [-0.4, -0.2) is 32.4 Å². The first-order valence-corrected chi connectivity index (χ1v) is 4.62. The zero-order valence-electron chi connectivity index (χ0n) is 8.64. The van der Waals surface area contributed by atoms with Gasteiger partial charge in [0.15, 0.2) is 0 Å². The molecular weight excluding hydrogens is 214 g/mol. The van der Waals surface area contributed by atoms with Crippen LogP contribution in [0.15, 0.2) is 12.1 Å². The first kappa shape index (κ1) is 12.1. The molecule has 5 N–H and O–H groups in total. The number of aromatic hydroxyl groups is 3. The van der Waals surface area contributed by atoms with Gasteiger partial charge in [-0.05, 0) is 6.92 Å². The van der Waals surface area contributed by atoms with E-state index in [4.69, 9.17) is 10.2 Å². The third kappa shape index (κ3) is 2.77. The van der Waals surface area contributed by atoms with E-state index in [2.05, 4.69) is 5.32 Å². The summed E-state index contributed by atoms with van der Waals surface area (Å²) in [4.78, 5) is 10.5. The van der Waals surface area contributed by atoms with Gasteiger partial charge in [0.25, 0.3) is 0 Å². The monoisotopic (exact) mass is 227 g/mol. The number of rotatable bonds is 4. The first-order chi connectivity index (χ1) is 7.41. The van der Waals surface area contributed by atoms with Crippen molar-refractivity contribution in [1.29, 1.82) is 0 Å². The number of carboxylic acids is 1. The van der Waals surface area contributed by atoms with E-state index in [9.17, 15) is 15.0 Å². The molecule has 6 heteroatoms. The molecule has 1 atom stereocenters. The second kappa shape index (κ2) is 4.71. The summed E-state index contributed by atoms with van der Waals surface area (Å²) in [5.41, 5.74) is 0.144. The van der Waals surface area contributed by atoms with Crippen LogP contribution < -0.4 is 5.32 Å². The van der Waals surface area contributed by atoms with Gasteiger partial charge in [0, 0.05) is 24.2 Å². The van der Waals surface area contributed by atoms with Gasteiger partial charge in [-0.2, -0.15) is 0 Å². The summed E-state index contributed by atoms with van der Waals surface area (Å²) in [6.45, 7) is 1.43. The summed E-state index contributed by atoms with van der Waals surface area (Å²) in [5.74, 6) is -1.87. The van der Waals surface area contributed by atoms with Crippen LogP contribution in [0.5, 0.6) is 17.2 Å². The summed E-state index contributed by atoms with van der Waals surface area (Å²) >= 11 is 0. The minimum absolute atomic E-state index is 0.00852. The van der Waals surface area contributed by atoms with Crippen molar-refractivity contribution in [3.8, 4) is 17.2 Å². The van der Waals surface area contributed by atoms with Crippen LogP contribution in [0.4, 0.5) is 0 Å². The molecule has 0 spiro atoms. The van der Waals surface area contributed by atoms with E-state index < -0.39 is 12.0 Å². The van der Waals surface area contributed by atoms with E-state index >= 15 is 0 Å². The van der Waals surface area contributed by atoms with Gasteiger partial charge >= 0.3 is 5.97 Å². The van der Waals surface area contributed by atoms with Gasteiger partial charge < -0.3 is 25.7 Å². The minimum Gasteiger partial charge on any atom is -0.508 e. The van der Waals surface area contributed by atoms with Crippen LogP contribution in [0, 0.1) is 0 Å². The fourth-order valence-corrected chi connectivity index (χ4v) is 1.15. The molecule has 0 aliphatic rings. The Morgan fingerprint density at radius 2 is 1.81 bits per heavy atom. The molecule has 0 aliphatic heterocycles. The molecule has 88 valence electrons. The first-order valence-electron chi connectivity index (χ1n) is 4.62. The van der Waals surface area contributed by atoms with Crippen molar-refractivity contribution in [2.24, 2.45) is 0 Å². The second-order valence-electron chi connectivity index (χ2n) is 3.40. The van der Waals surface area contributed by atoms with Gasteiger partial charge in [0.1, 0.15) is 23.3 Å². The average Bonchev–Trinajstić information content (AvgIpc) is 2.15. The smallest absolute Gasteiger partial charge is 0.320 e. The number of hydrogen-bond donors (Lipinski definition) is 5. The van der Waals surface area contributed by atoms with Gasteiger partial charge in [-0.3, -0.25) is 4.79 Å². The minimum atomic E-state index is -1.03. The van der Waals surface area contributed by atoms with E-state index in [1.54, 1.807) is 0 Å². The van der Waals surface area contributed by atoms with E-state index in [0.29, 0.717) is 0 Å². The Kier molecular flexibility index (Phi) is 3.57. The van der Waals surface area contributed by atoms with Gasteiger partial charge in [-0.1, -0.05) is 0 Å². The van der Waals surface area contributed by atoms with Gasteiger partial charge in [0.2, 0.25) is 0 Å². The van der Waals surface area contributed by atoms with Crippen LogP contribution in [0.3, 0.4) is 0 Å². The Labute approximate surface area is 91.8 Å². The molecule has 0 unspecified atom stereocenters. The predicted octanol–water partition coefficient (Wildman–Crippen LogP) is 0.366. The Morgan fingerprint density at radius 3 is 2.25 bits per heavy atom. The molecular formula is C10H13NO5. The highest BCUT2D eigenvalue weighted by atomic mass is 16.4. The Hall–Kier alpha value is -1.95. The fourth-order valence-electron chi connectivity index (χ4n) is 1.15. The third-order valence-electron chi connectivity index (χ3n) is 2.14. The van der Waals surface area contributed by atoms with Crippen molar-refractivity contribution in [2.45, 2.75) is 19.5 Å². The maximum absolute atomic E-state index is 10.5. The standard InChI is InChI=1S/C10H13NO5/c1-5(10(15)16)11-4-7-8(13)2-6(12)3-9(7)14/h2-3,5,11-14H,4H2,1H3,(H,15,16)/t5-/m0/s1. The van der Waals surface area contributed by atoms with Crippen molar-refractivity contribution in [3.05, 3.63) is 17.7 Å². The lowest BCUT2D eigenvalue weighted by atomic mass is 10.1. The summed E-state index contributed by atoms with van der Waals surface area (Å²) < 4.78 is 0. The lowest BCUT2D eigenvalue weighted by molar-refractivity contribution is -0.139. The molecule has 0 heterocycles. The highest BCUT2D eigenvalue weighted by molar-refractivity contribution is 5.72. The number of nitrogens with one attached hydrogen (secondary N) is 1. The van der Waals surface area contributed by atoms with E-state index in [1.807, 2.05) is 0 Å². The molecule has 16 heavy (non-hydrogen) atoms. The van der Waals surface area contributed by atoms with E-state index in [1.165, 1.54) is 6.92 Å². The molecule has 0 saturated carbocycles. The summed E-state index contributed by atoms with van der Waals surface area (Å²) in [6, 6.07) is 1.34. The molecule has 6 nitrogen and oxygen atoms in total. The number of hydrogen-bond acceptors (Lipinski definition) is 5. The van der Waals surface area contributed by atoms with Crippen LogP contribution in [0.25, 0.3) is 0 Å². The normalized spacial score (nSPS) is 12.3. The molecule has 0 saturated heterocycles.